The smallest absolute Gasteiger partial charge is 0.416 e. The van der Waals surface area contributed by atoms with Gasteiger partial charge in [0, 0.05) is 18.7 Å². The van der Waals surface area contributed by atoms with E-state index < -0.39 is 23.7 Å². The van der Waals surface area contributed by atoms with Crippen LogP contribution < -0.4 is 10.1 Å². The molecule has 0 saturated carbocycles. The maximum atomic E-state index is 12.6. The molecule has 9 heteroatoms. The normalized spacial score (nSPS) is 10.5. The van der Waals surface area contributed by atoms with Crippen LogP contribution in [0.5, 0.6) is 5.75 Å². The number of hydrogen-bond acceptors (Lipinski definition) is 4. The van der Waals surface area contributed by atoms with E-state index in [-0.39, 0.29) is 0 Å². The summed E-state index contributed by atoms with van der Waals surface area (Å²) >= 11 is 0. The third-order valence-electron chi connectivity index (χ3n) is 3.27. The summed E-state index contributed by atoms with van der Waals surface area (Å²) in [4.78, 5) is 18.2. The predicted octanol–water partition coefficient (Wildman–Crippen LogP) is 3.16. The minimum Gasteiger partial charge on any atom is -0.496 e. The quantitative estimate of drug-likeness (QED) is 0.685. The van der Waals surface area contributed by atoms with Crippen molar-refractivity contribution in [2.24, 2.45) is 0 Å². The molecule has 0 unspecified atom stereocenters. The molecule has 0 saturated heterocycles. The molecule has 2 aromatic carbocycles. The Hall–Kier alpha value is -3.07. The van der Waals surface area contributed by atoms with Crippen LogP contribution >= 0.6 is 0 Å². The van der Waals surface area contributed by atoms with E-state index in [4.69, 9.17) is 24.5 Å². The molecule has 146 valence electrons. The topological polar surface area (TPSA) is 95.9 Å². The highest BCUT2D eigenvalue weighted by Crippen LogP contribution is 2.29. The van der Waals surface area contributed by atoms with Gasteiger partial charge in [0.15, 0.2) is 0 Å². The van der Waals surface area contributed by atoms with Gasteiger partial charge in [-0.1, -0.05) is 36.4 Å². The van der Waals surface area contributed by atoms with Gasteiger partial charge in [-0.05, 0) is 17.7 Å². The second-order valence-corrected chi connectivity index (χ2v) is 5.22. The number of benzene rings is 2. The van der Waals surface area contributed by atoms with E-state index in [0.717, 1.165) is 23.4 Å². The highest BCUT2D eigenvalue weighted by molar-refractivity contribution is 6.27. The number of carboxylic acids is 2. The monoisotopic (exact) mass is 385 g/mol. The Labute approximate surface area is 153 Å². The Kier molecular flexibility index (Phi) is 8.28. The number of halogens is 3. The molecule has 0 aliphatic rings. The lowest BCUT2D eigenvalue weighted by Crippen LogP contribution is -2.14. The molecule has 0 aliphatic carbocycles. The largest absolute Gasteiger partial charge is 0.496 e. The van der Waals surface area contributed by atoms with Gasteiger partial charge in [0.2, 0.25) is 0 Å². The van der Waals surface area contributed by atoms with E-state index in [2.05, 4.69) is 5.32 Å². The Morgan fingerprint density at radius 1 is 1.00 bits per heavy atom. The van der Waals surface area contributed by atoms with Crippen LogP contribution in [-0.4, -0.2) is 29.3 Å². The van der Waals surface area contributed by atoms with Crippen molar-refractivity contribution in [1.82, 2.24) is 5.32 Å². The van der Waals surface area contributed by atoms with Gasteiger partial charge in [0.1, 0.15) is 5.75 Å². The van der Waals surface area contributed by atoms with Gasteiger partial charge in [-0.3, -0.25) is 0 Å². The average molecular weight is 385 g/mol. The van der Waals surface area contributed by atoms with E-state index in [1.165, 1.54) is 6.07 Å². The number of carbonyl (C=O) groups is 2. The van der Waals surface area contributed by atoms with Crippen LogP contribution in [0.1, 0.15) is 16.7 Å². The molecule has 0 aromatic heterocycles. The summed E-state index contributed by atoms with van der Waals surface area (Å²) in [5.74, 6) is -2.89. The summed E-state index contributed by atoms with van der Waals surface area (Å²) in [5, 5.41) is 17.9. The van der Waals surface area contributed by atoms with Crippen LogP contribution in [-0.2, 0) is 28.9 Å². The first-order valence-electron chi connectivity index (χ1n) is 7.60. The Bertz CT molecular complexity index is 766. The number of aliphatic carboxylic acids is 2. The number of nitrogens with one attached hydrogen (secondary N) is 1. The molecular formula is C18H18F3NO5. The zero-order chi connectivity index (χ0) is 20.4. The molecule has 0 atom stereocenters. The molecule has 0 heterocycles. The number of carboxylic acid groups (broad SMARTS) is 2. The highest BCUT2D eigenvalue weighted by atomic mass is 19.4. The van der Waals surface area contributed by atoms with Crippen molar-refractivity contribution < 1.29 is 37.7 Å². The number of methoxy groups -OCH3 is 1. The Morgan fingerprint density at radius 3 is 2.19 bits per heavy atom. The van der Waals surface area contributed by atoms with Gasteiger partial charge < -0.3 is 20.3 Å². The zero-order valence-electron chi connectivity index (χ0n) is 14.3. The van der Waals surface area contributed by atoms with Crippen molar-refractivity contribution >= 4 is 11.9 Å². The molecule has 27 heavy (non-hydrogen) atoms. The van der Waals surface area contributed by atoms with Crippen LogP contribution in [0.25, 0.3) is 0 Å². The fourth-order valence-electron chi connectivity index (χ4n) is 2.05. The van der Waals surface area contributed by atoms with E-state index in [1.54, 1.807) is 13.2 Å². The average Bonchev–Trinajstić information content (AvgIpc) is 2.62. The summed E-state index contributed by atoms with van der Waals surface area (Å²) in [5.41, 5.74) is 0.936. The van der Waals surface area contributed by atoms with E-state index in [0.29, 0.717) is 18.7 Å². The van der Waals surface area contributed by atoms with E-state index in [9.17, 15) is 13.2 Å². The van der Waals surface area contributed by atoms with Crippen LogP contribution in [0.15, 0.2) is 48.5 Å². The Balaban J connectivity index is 0.000000527. The van der Waals surface area contributed by atoms with Crippen molar-refractivity contribution in [2.45, 2.75) is 19.3 Å². The molecule has 0 spiro atoms. The number of hydrogen-bond donors (Lipinski definition) is 3. The molecule has 0 amide bonds. The zero-order valence-corrected chi connectivity index (χ0v) is 14.3. The van der Waals surface area contributed by atoms with E-state index in [1.807, 2.05) is 24.3 Å². The number of rotatable bonds is 5. The molecule has 0 radical (unpaired) electrons. The lowest BCUT2D eigenvalue weighted by Gasteiger charge is -2.11. The van der Waals surface area contributed by atoms with Crippen molar-refractivity contribution in [2.75, 3.05) is 7.11 Å². The maximum absolute atomic E-state index is 12.6. The fraction of sp³-hybridized carbons (Fsp3) is 0.222. The first-order valence-corrected chi connectivity index (χ1v) is 7.60. The highest BCUT2D eigenvalue weighted by Gasteiger charge is 2.30. The first-order chi connectivity index (χ1) is 12.6. The summed E-state index contributed by atoms with van der Waals surface area (Å²) < 4.78 is 43.1. The molecule has 2 aromatic rings. The molecule has 6 nitrogen and oxygen atoms in total. The summed E-state index contributed by atoms with van der Waals surface area (Å²) in [6.07, 6.45) is -4.31. The Morgan fingerprint density at radius 2 is 1.63 bits per heavy atom. The third kappa shape index (κ3) is 7.78. The standard InChI is InChI=1S/C16H16F3NO.C2H2O4/c1-21-15-8-3-2-6-13(15)11-20-10-12-5-4-7-14(9-12)16(17,18)19;3-1(4)2(5)6/h2-9,20H,10-11H2,1H3;(H,3,4)(H,5,6). The SMILES string of the molecule is COc1ccccc1CNCc1cccc(C(F)(F)F)c1.O=C(O)C(=O)O. The van der Waals surface area contributed by atoms with E-state index >= 15 is 0 Å². The lowest BCUT2D eigenvalue weighted by molar-refractivity contribution is -0.159. The summed E-state index contributed by atoms with van der Waals surface area (Å²) in [6, 6.07) is 12.9. The van der Waals surface area contributed by atoms with Gasteiger partial charge in [0.25, 0.3) is 0 Å². The molecular weight excluding hydrogens is 367 g/mol. The van der Waals surface area contributed by atoms with Gasteiger partial charge in [-0.15, -0.1) is 0 Å². The molecule has 3 N–H and O–H groups in total. The fourth-order valence-corrected chi connectivity index (χ4v) is 2.05. The molecule has 0 aliphatic heterocycles. The van der Waals surface area contributed by atoms with Crippen LogP contribution in [0.4, 0.5) is 13.2 Å². The van der Waals surface area contributed by atoms with Crippen LogP contribution in [0.3, 0.4) is 0 Å². The van der Waals surface area contributed by atoms with Crippen molar-refractivity contribution in [3.8, 4) is 5.75 Å². The maximum Gasteiger partial charge on any atom is 0.416 e. The lowest BCUT2D eigenvalue weighted by atomic mass is 10.1. The molecule has 0 bridgehead atoms. The summed E-state index contributed by atoms with van der Waals surface area (Å²) in [7, 11) is 1.59. The van der Waals surface area contributed by atoms with Crippen LogP contribution in [0.2, 0.25) is 0 Å². The number of ether oxygens (including phenoxy) is 1. The van der Waals surface area contributed by atoms with Gasteiger partial charge in [0.05, 0.1) is 12.7 Å². The second kappa shape index (κ2) is 10.2. The third-order valence-corrected chi connectivity index (χ3v) is 3.27. The van der Waals surface area contributed by atoms with Crippen molar-refractivity contribution in [3.63, 3.8) is 0 Å². The second-order valence-electron chi connectivity index (χ2n) is 5.22. The first kappa shape index (κ1) is 22.0. The molecule has 2 rings (SSSR count). The van der Waals surface area contributed by atoms with Gasteiger partial charge in [-0.25, -0.2) is 9.59 Å². The molecule has 0 fully saturated rings. The van der Waals surface area contributed by atoms with Crippen molar-refractivity contribution in [3.05, 3.63) is 65.2 Å². The number of alkyl halides is 3. The van der Waals surface area contributed by atoms with Crippen LogP contribution in [0, 0.1) is 0 Å². The van der Waals surface area contributed by atoms with Gasteiger partial charge in [-0.2, -0.15) is 13.2 Å². The van der Waals surface area contributed by atoms with Gasteiger partial charge >= 0.3 is 18.1 Å². The van der Waals surface area contributed by atoms with Crippen molar-refractivity contribution in [1.29, 1.82) is 0 Å². The minimum atomic E-state index is -4.31. The summed E-state index contributed by atoms with van der Waals surface area (Å²) in [6.45, 7) is 0.891. The predicted molar refractivity (Wildman–Crippen MR) is 90.3 cm³/mol. The minimum absolute atomic E-state index is 0.363. The number of para-hydroxylation sites is 1.